The zero-order valence-corrected chi connectivity index (χ0v) is 12.0. The van der Waals surface area contributed by atoms with Crippen LogP contribution in [0.5, 0.6) is 0 Å². The Morgan fingerprint density at radius 1 is 1.10 bits per heavy atom. The van der Waals surface area contributed by atoms with Gasteiger partial charge in [-0.25, -0.2) is 9.97 Å². The number of hydrogen-bond acceptors (Lipinski definition) is 3. The maximum Gasteiger partial charge on any atom is 0.135 e. The third-order valence-electron chi connectivity index (χ3n) is 4.10. The molecule has 0 unspecified atom stereocenters. The van der Waals surface area contributed by atoms with Crippen LogP contribution in [0, 0.1) is 0 Å². The smallest absolute Gasteiger partial charge is 0.135 e. The summed E-state index contributed by atoms with van der Waals surface area (Å²) in [5, 5.41) is 0.566. The van der Waals surface area contributed by atoms with Gasteiger partial charge in [-0.05, 0) is 30.4 Å². The van der Waals surface area contributed by atoms with E-state index in [4.69, 9.17) is 16.6 Å². The Bertz CT molecular complexity index is 652. The summed E-state index contributed by atoms with van der Waals surface area (Å²) in [5.74, 6) is 2.43. The Morgan fingerprint density at radius 2 is 1.90 bits per heavy atom. The Labute approximate surface area is 123 Å². The zero-order chi connectivity index (χ0) is 13.5. The van der Waals surface area contributed by atoms with Crippen LogP contribution < -0.4 is 4.90 Å². The maximum absolute atomic E-state index is 6.16. The molecule has 1 aliphatic carbocycles. The topological polar surface area (TPSA) is 29.0 Å². The number of halogens is 1. The SMILES string of the molecule is Clc1cc(N2CCc3ccccc3C2)nc(C2CC2)n1. The normalized spacial score (nSPS) is 17.9. The van der Waals surface area contributed by atoms with E-state index in [1.165, 1.54) is 24.0 Å². The van der Waals surface area contributed by atoms with Gasteiger partial charge in [0.1, 0.15) is 16.8 Å². The Morgan fingerprint density at radius 3 is 2.70 bits per heavy atom. The van der Waals surface area contributed by atoms with Gasteiger partial charge in [0.25, 0.3) is 0 Å². The molecule has 0 spiro atoms. The predicted octanol–water partition coefficient (Wildman–Crippen LogP) is 3.57. The van der Waals surface area contributed by atoms with Crippen molar-refractivity contribution >= 4 is 17.4 Å². The molecular formula is C16H16ClN3. The van der Waals surface area contributed by atoms with Crippen molar-refractivity contribution in [2.24, 2.45) is 0 Å². The fourth-order valence-corrected chi connectivity index (χ4v) is 2.98. The minimum absolute atomic E-state index is 0.532. The molecule has 20 heavy (non-hydrogen) atoms. The maximum atomic E-state index is 6.16. The summed E-state index contributed by atoms with van der Waals surface area (Å²) >= 11 is 6.16. The van der Waals surface area contributed by atoms with Gasteiger partial charge < -0.3 is 4.90 Å². The van der Waals surface area contributed by atoms with E-state index in [1.54, 1.807) is 0 Å². The average molecular weight is 286 g/mol. The van der Waals surface area contributed by atoms with E-state index in [9.17, 15) is 0 Å². The van der Waals surface area contributed by atoms with Gasteiger partial charge in [-0.2, -0.15) is 0 Å². The highest BCUT2D eigenvalue weighted by Crippen LogP contribution is 2.39. The van der Waals surface area contributed by atoms with E-state index in [2.05, 4.69) is 34.1 Å². The van der Waals surface area contributed by atoms with Crippen LogP contribution >= 0.6 is 11.6 Å². The average Bonchev–Trinajstić information content (AvgIpc) is 3.31. The van der Waals surface area contributed by atoms with E-state index in [0.29, 0.717) is 11.1 Å². The van der Waals surface area contributed by atoms with E-state index in [-0.39, 0.29) is 0 Å². The number of aromatic nitrogens is 2. The van der Waals surface area contributed by atoms with E-state index in [1.807, 2.05) is 6.07 Å². The summed E-state index contributed by atoms with van der Waals surface area (Å²) in [6.07, 6.45) is 3.46. The molecule has 2 aromatic rings. The number of rotatable bonds is 2. The second-order valence-electron chi connectivity index (χ2n) is 5.62. The monoisotopic (exact) mass is 285 g/mol. The van der Waals surface area contributed by atoms with E-state index in [0.717, 1.165) is 31.2 Å². The number of nitrogens with zero attached hydrogens (tertiary/aromatic N) is 3. The standard InChI is InChI=1S/C16H16ClN3/c17-14-9-15(19-16(18-14)12-5-6-12)20-8-7-11-3-1-2-4-13(11)10-20/h1-4,9,12H,5-8,10H2. The minimum Gasteiger partial charge on any atom is -0.352 e. The number of anilines is 1. The molecule has 1 aliphatic heterocycles. The lowest BCUT2D eigenvalue weighted by Crippen LogP contribution is -2.31. The lowest BCUT2D eigenvalue weighted by Gasteiger charge is -2.30. The van der Waals surface area contributed by atoms with Crippen molar-refractivity contribution in [1.29, 1.82) is 0 Å². The molecule has 1 aromatic heterocycles. The Hall–Kier alpha value is -1.61. The summed E-state index contributed by atoms with van der Waals surface area (Å²) < 4.78 is 0. The first-order valence-corrected chi connectivity index (χ1v) is 7.53. The van der Waals surface area contributed by atoms with Crippen LogP contribution in [0.25, 0.3) is 0 Å². The quantitative estimate of drug-likeness (QED) is 0.790. The Balaban J connectivity index is 1.65. The van der Waals surface area contributed by atoms with Crippen LogP contribution in [0.2, 0.25) is 5.15 Å². The molecule has 3 nitrogen and oxygen atoms in total. The number of hydrogen-bond donors (Lipinski definition) is 0. The van der Waals surface area contributed by atoms with Gasteiger partial charge in [0.05, 0.1) is 0 Å². The molecule has 1 aromatic carbocycles. The highest BCUT2D eigenvalue weighted by atomic mass is 35.5. The van der Waals surface area contributed by atoms with Crippen molar-refractivity contribution in [3.05, 3.63) is 52.4 Å². The summed E-state index contributed by atoms with van der Waals surface area (Å²) in [7, 11) is 0. The van der Waals surface area contributed by atoms with E-state index >= 15 is 0 Å². The third kappa shape index (κ3) is 2.27. The zero-order valence-electron chi connectivity index (χ0n) is 11.2. The molecule has 4 heteroatoms. The lowest BCUT2D eigenvalue weighted by molar-refractivity contribution is 0.714. The van der Waals surface area contributed by atoms with Gasteiger partial charge in [0.15, 0.2) is 0 Å². The molecule has 102 valence electrons. The van der Waals surface area contributed by atoms with Gasteiger partial charge in [-0.1, -0.05) is 35.9 Å². The van der Waals surface area contributed by atoms with Crippen molar-refractivity contribution in [3.8, 4) is 0 Å². The number of benzene rings is 1. The van der Waals surface area contributed by atoms with Crippen molar-refractivity contribution in [2.75, 3.05) is 11.4 Å². The van der Waals surface area contributed by atoms with Gasteiger partial charge in [0, 0.05) is 25.1 Å². The van der Waals surface area contributed by atoms with Gasteiger partial charge in [0.2, 0.25) is 0 Å². The van der Waals surface area contributed by atoms with Crippen LogP contribution in [0.4, 0.5) is 5.82 Å². The molecule has 0 N–H and O–H groups in total. The minimum atomic E-state index is 0.532. The summed E-state index contributed by atoms with van der Waals surface area (Å²) in [4.78, 5) is 11.4. The fourth-order valence-electron chi connectivity index (χ4n) is 2.80. The second-order valence-corrected chi connectivity index (χ2v) is 6.01. The molecule has 0 radical (unpaired) electrons. The highest BCUT2D eigenvalue weighted by molar-refractivity contribution is 6.29. The summed E-state index contributed by atoms with van der Waals surface area (Å²) in [6.45, 7) is 1.90. The highest BCUT2D eigenvalue weighted by Gasteiger charge is 2.28. The summed E-state index contributed by atoms with van der Waals surface area (Å²) in [6, 6.07) is 10.5. The van der Waals surface area contributed by atoms with Crippen LogP contribution in [0.15, 0.2) is 30.3 Å². The lowest BCUT2D eigenvalue weighted by atomic mass is 10.00. The first-order valence-electron chi connectivity index (χ1n) is 7.16. The molecule has 1 saturated carbocycles. The molecule has 2 heterocycles. The number of fused-ring (bicyclic) bond motifs is 1. The molecular weight excluding hydrogens is 270 g/mol. The molecule has 0 bridgehead atoms. The summed E-state index contributed by atoms with van der Waals surface area (Å²) in [5.41, 5.74) is 2.84. The van der Waals surface area contributed by atoms with Crippen LogP contribution in [-0.2, 0) is 13.0 Å². The van der Waals surface area contributed by atoms with Crippen molar-refractivity contribution in [1.82, 2.24) is 9.97 Å². The molecule has 0 atom stereocenters. The van der Waals surface area contributed by atoms with Crippen LogP contribution in [0.3, 0.4) is 0 Å². The van der Waals surface area contributed by atoms with Crippen molar-refractivity contribution in [3.63, 3.8) is 0 Å². The van der Waals surface area contributed by atoms with Crippen LogP contribution in [0.1, 0.15) is 35.7 Å². The molecule has 0 saturated heterocycles. The Kier molecular flexibility index (Phi) is 2.88. The molecule has 1 fully saturated rings. The van der Waals surface area contributed by atoms with Gasteiger partial charge in [-0.15, -0.1) is 0 Å². The molecule has 0 amide bonds. The first-order chi connectivity index (χ1) is 9.79. The van der Waals surface area contributed by atoms with Crippen molar-refractivity contribution < 1.29 is 0 Å². The van der Waals surface area contributed by atoms with Gasteiger partial charge >= 0.3 is 0 Å². The molecule has 2 aliphatic rings. The largest absolute Gasteiger partial charge is 0.352 e. The van der Waals surface area contributed by atoms with Gasteiger partial charge in [-0.3, -0.25) is 0 Å². The second kappa shape index (κ2) is 4.74. The fraction of sp³-hybridized carbons (Fsp3) is 0.375. The van der Waals surface area contributed by atoms with E-state index < -0.39 is 0 Å². The molecule has 4 rings (SSSR count). The predicted molar refractivity (Wildman–Crippen MR) is 80.2 cm³/mol. The first kappa shape index (κ1) is 12.2. The third-order valence-corrected chi connectivity index (χ3v) is 4.29. The van der Waals surface area contributed by atoms with Crippen LogP contribution in [-0.4, -0.2) is 16.5 Å². The van der Waals surface area contributed by atoms with Crippen molar-refractivity contribution in [2.45, 2.75) is 31.7 Å².